The number of nitrogens with zero attached hydrogens (tertiary/aromatic N) is 1. The third-order valence-corrected chi connectivity index (χ3v) is 4.03. The Morgan fingerprint density at radius 1 is 1.21 bits per heavy atom. The number of hydrogen-bond acceptors (Lipinski definition) is 2. The highest BCUT2D eigenvalue weighted by atomic mass is 15.1. The zero-order valence-electron chi connectivity index (χ0n) is 8.89. The van der Waals surface area contributed by atoms with E-state index in [2.05, 4.69) is 4.90 Å². The summed E-state index contributed by atoms with van der Waals surface area (Å²) < 4.78 is 0. The van der Waals surface area contributed by atoms with Crippen molar-refractivity contribution in [2.24, 2.45) is 11.1 Å². The number of nitrogens with two attached hydrogens (primary N) is 1. The molecular weight excluding hydrogens is 174 g/mol. The molecule has 2 aliphatic rings. The van der Waals surface area contributed by atoms with Gasteiger partial charge in [0.1, 0.15) is 0 Å². The van der Waals surface area contributed by atoms with Crippen molar-refractivity contribution in [1.29, 1.82) is 5.41 Å². The van der Waals surface area contributed by atoms with Gasteiger partial charge in [0, 0.05) is 13.0 Å². The predicted molar refractivity (Wildman–Crippen MR) is 58.5 cm³/mol. The Kier molecular flexibility index (Phi) is 2.77. The van der Waals surface area contributed by atoms with Crippen LogP contribution in [0.2, 0.25) is 0 Å². The molecule has 0 aromatic carbocycles. The molecule has 3 N–H and O–H groups in total. The molecule has 0 atom stereocenters. The van der Waals surface area contributed by atoms with Gasteiger partial charge in [-0.25, -0.2) is 0 Å². The van der Waals surface area contributed by atoms with Crippen LogP contribution in [0.15, 0.2) is 0 Å². The summed E-state index contributed by atoms with van der Waals surface area (Å²) in [5.74, 6) is 0.328. The van der Waals surface area contributed by atoms with E-state index < -0.39 is 0 Å². The first-order chi connectivity index (χ1) is 6.70. The largest absolute Gasteiger partial charge is 0.388 e. The first-order valence-corrected chi connectivity index (χ1v) is 5.76. The lowest BCUT2D eigenvalue weighted by molar-refractivity contribution is 0.0346. The molecule has 0 unspecified atom stereocenters. The standard InChI is InChI=1S/C11H21N3/c12-10(13)2-7-14-8-5-11(6-9-14)3-1-4-11/h1-9H2,(H3,12,13). The first kappa shape index (κ1) is 9.97. The molecule has 1 aliphatic heterocycles. The lowest BCUT2D eigenvalue weighted by Crippen LogP contribution is -2.44. The van der Waals surface area contributed by atoms with Crippen molar-refractivity contribution >= 4 is 5.84 Å². The maximum absolute atomic E-state index is 7.19. The molecule has 0 bridgehead atoms. The highest BCUT2D eigenvalue weighted by Gasteiger charge is 2.39. The zero-order valence-corrected chi connectivity index (χ0v) is 8.89. The second-order valence-corrected chi connectivity index (χ2v) is 4.97. The van der Waals surface area contributed by atoms with E-state index in [1.165, 1.54) is 45.2 Å². The number of amidine groups is 1. The third kappa shape index (κ3) is 2.08. The van der Waals surface area contributed by atoms with Gasteiger partial charge < -0.3 is 10.6 Å². The van der Waals surface area contributed by atoms with E-state index in [4.69, 9.17) is 11.1 Å². The summed E-state index contributed by atoms with van der Waals surface area (Å²) in [5.41, 5.74) is 6.10. The van der Waals surface area contributed by atoms with Gasteiger partial charge in [-0.15, -0.1) is 0 Å². The van der Waals surface area contributed by atoms with Gasteiger partial charge in [0.25, 0.3) is 0 Å². The summed E-state index contributed by atoms with van der Waals surface area (Å²) in [7, 11) is 0. The number of hydrogen-bond donors (Lipinski definition) is 2. The van der Waals surface area contributed by atoms with E-state index in [-0.39, 0.29) is 0 Å². The van der Waals surface area contributed by atoms with Gasteiger partial charge in [0.2, 0.25) is 0 Å². The molecule has 0 radical (unpaired) electrons. The molecule has 0 aromatic heterocycles. The molecule has 1 spiro atoms. The van der Waals surface area contributed by atoms with Crippen LogP contribution in [0.1, 0.15) is 38.5 Å². The van der Waals surface area contributed by atoms with Gasteiger partial charge in [-0.1, -0.05) is 6.42 Å². The Bertz CT molecular complexity index is 211. The average Bonchev–Trinajstić information content (AvgIpc) is 2.13. The van der Waals surface area contributed by atoms with E-state index in [9.17, 15) is 0 Å². The molecule has 0 aromatic rings. The van der Waals surface area contributed by atoms with E-state index in [0.717, 1.165) is 18.4 Å². The quantitative estimate of drug-likeness (QED) is 0.530. The lowest BCUT2D eigenvalue weighted by atomic mass is 9.63. The van der Waals surface area contributed by atoms with Gasteiger partial charge in [0.15, 0.2) is 0 Å². The highest BCUT2D eigenvalue weighted by Crippen LogP contribution is 2.48. The van der Waals surface area contributed by atoms with Crippen LogP contribution in [0, 0.1) is 10.8 Å². The molecule has 1 heterocycles. The van der Waals surface area contributed by atoms with E-state index in [1.54, 1.807) is 0 Å². The van der Waals surface area contributed by atoms with Crippen molar-refractivity contribution in [2.75, 3.05) is 19.6 Å². The predicted octanol–water partition coefficient (Wildman–Crippen LogP) is 1.58. The van der Waals surface area contributed by atoms with Gasteiger partial charge in [0.05, 0.1) is 5.84 Å². The SMILES string of the molecule is N=C(N)CCN1CCC2(CCC2)CC1. The van der Waals surface area contributed by atoms with E-state index >= 15 is 0 Å². The van der Waals surface area contributed by atoms with Crippen LogP contribution in [0.25, 0.3) is 0 Å². The number of piperidine rings is 1. The van der Waals surface area contributed by atoms with Gasteiger partial charge >= 0.3 is 0 Å². The van der Waals surface area contributed by atoms with Crippen LogP contribution >= 0.6 is 0 Å². The molecule has 3 nitrogen and oxygen atoms in total. The van der Waals surface area contributed by atoms with Crippen LogP contribution in [0.5, 0.6) is 0 Å². The van der Waals surface area contributed by atoms with Crippen molar-refractivity contribution in [3.05, 3.63) is 0 Å². The second-order valence-electron chi connectivity index (χ2n) is 4.97. The maximum Gasteiger partial charge on any atom is 0.0918 e. The summed E-state index contributed by atoms with van der Waals surface area (Å²) in [6, 6.07) is 0. The average molecular weight is 195 g/mol. The fourth-order valence-electron chi connectivity index (χ4n) is 2.71. The van der Waals surface area contributed by atoms with Crippen molar-refractivity contribution < 1.29 is 0 Å². The first-order valence-electron chi connectivity index (χ1n) is 5.76. The Balaban J connectivity index is 1.70. The Labute approximate surface area is 86.2 Å². The molecule has 2 rings (SSSR count). The van der Waals surface area contributed by atoms with Crippen molar-refractivity contribution in [2.45, 2.75) is 38.5 Å². The molecule has 14 heavy (non-hydrogen) atoms. The maximum atomic E-state index is 7.19. The summed E-state index contributed by atoms with van der Waals surface area (Å²) in [6.07, 6.45) is 7.89. The van der Waals surface area contributed by atoms with Crippen LogP contribution in [0.3, 0.4) is 0 Å². The minimum Gasteiger partial charge on any atom is -0.388 e. The smallest absolute Gasteiger partial charge is 0.0918 e. The molecule has 3 heteroatoms. The molecule has 1 saturated heterocycles. The topological polar surface area (TPSA) is 53.1 Å². The second kappa shape index (κ2) is 3.89. The summed E-state index contributed by atoms with van der Waals surface area (Å²) >= 11 is 0. The minimum atomic E-state index is 0.328. The molecule has 1 saturated carbocycles. The minimum absolute atomic E-state index is 0.328. The summed E-state index contributed by atoms with van der Waals surface area (Å²) in [5, 5.41) is 7.19. The van der Waals surface area contributed by atoms with Crippen LogP contribution in [-0.4, -0.2) is 30.4 Å². The third-order valence-electron chi connectivity index (χ3n) is 4.03. The monoisotopic (exact) mass is 195 g/mol. The summed E-state index contributed by atoms with van der Waals surface area (Å²) in [4.78, 5) is 2.46. The molecule has 80 valence electrons. The van der Waals surface area contributed by atoms with Crippen LogP contribution in [0.4, 0.5) is 0 Å². The van der Waals surface area contributed by atoms with Gasteiger partial charge in [-0.2, -0.15) is 0 Å². The Morgan fingerprint density at radius 2 is 1.86 bits per heavy atom. The fraction of sp³-hybridized carbons (Fsp3) is 0.909. The summed E-state index contributed by atoms with van der Waals surface area (Å²) in [6.45, 7) is 3.45. The molecule has 0 amide bonds. The number of rotatable bonds is 3. The normalized spacial score (nSPS) is 26.0. The highest BCUT2D eigenvalue weighted by molar-refractivity contribution is 5.76. The molecule has 2 fully saturated rings. The number of nitrogens with one attached hydrogen (secondary N) is 1. The van der Waals surface area contributed by atoms with E-state index in [0.29, 0.717) is 5.84 Å². The van der Waals surface area contributed by atoms with Gasteiger partial charge in [-0.3, -0.25) is 5.41 Å². The van der Waals surface area contributed by atoms with Crippen molar-refractivity contribution in [3.8, 4) is 0 Å². The van der Waals surface area contributed by atoms with Crippen molar-refractivity contribution in [3.63, 3.8) is 0 Å². The van der Waals surface area contributed by atoms with Crippen LogP contribution in [-0.2, 0) is 0 Å². The number of likely N-dealkylation sites (tertiary alicyclic amines) is 1. The Hall–Kier alpha value is -0.570. The molecule has 1 aliphatic carbocycles. The zero-order chi connectivity index (χ0) is 10.0. The van der Waals surface area contributed by atoms with Crippen molar-refractivity contribution in [1.82, 2.24) is 4.90 Å². The van der Waals surface area contributed by atoms with Crippen LogP contribution < -0.4 is 5.73 Å². The molecular formula is C11H21N3. The van der Waals surface area contributed by atoms with E-state index in [1.807, 2.05) is 0 Å². The lowest BCUT2D eigenvalue weighted by Gasteiger charge is -2.48. The fourth-order valence-corrected chi connectivity index (χ4v) is 2.71. The van der Waals surface area contributed by atoms with Gasteiger partial charge in [-0.05, 0) is 44.2 Å². The Morgan fingerprint density at radius 3 is 2.29 bits per heavy atom.